The average Bonchev–Trinajstić information content (AvgIpc) is 2.66. The third kappa shape index (κ3) is 4.60. The zero-order valence-corrected chi connectivity index (χ0v) is 18.4. The highest BCUT2D eigenvalue weighted by Crippen LogP contribution is 2.40. The van der Waals surface area contributed by atoms with Gasteiger partial charge in [-0.25, -0.2) is 23.1 Å². The van der Waals surface area contributed by atoms with Gasteiger partial charge in [0.25, 0.3) is 12.3 Å². The Morgan fingerprint density at radius 2 is 2.00 bits per heavy atom. The molecule has 2 aromatic rings. The maximum absolute atomic E-state index is 14.6. The number of nitrogens with one attached hydrogen (secondary N) is 1. The van der Waals surface area contributed by atoms with Gasteiger partial charge in [0.2, 0.25) is 0 Å². The number of carbonyl (C=O) groups is 1. The minimum absolute atomic E-state index is 0. The summed E-state index contributed by atoms with van der Waals surface area (Å²) in [5.74, 6) is -1.66. The molecule has 0 saturated heterocycles. The van der Waals surface area contributed by atoms with E-state index in [0.29, 0.717) is 4.47 Å². The molecule has 1 aromatic carbocycles. The van der Waals surface area contributed by atoms with Crippen molar-refractivity contribution in [3.63, 3.8) is 0 Å². The van der Waals surface area contributed by atoms with Crippen LogP contribution in [0.2, 0.25) is 0 Å². The first-order chi connectivity index (χ1) is 13.5. The zero-order chi connectivity index (χ0) is 21.4. The molecule has 0 radical (unpaired) electrons. The van der Waals surface area contributed by atoms with Gasteiger partial charge in [0, 0.05) is 21.9 Å². The summed E-state index contributed by atoms with van der Waals surface area (Å²) in [5.41, 5.74) is 2.23. The first-order valence-electron chi connectivity index (χ1n) is 8.56. The Hall–Kier alpha value is -2.17. The predicted octanol–water partition coefficient (Wildman–Crippen LogP) is 4.28. The molecule has 1 aliphatic heterocycles. The van der Waals surface area contributed by atoms with E-state index < -0.39 is 41.5 Å². The molecule has 1 aromatic heterocycles. The molecule has 3 rings (SSSR count). The summed E-state index contributed by atoms with van der Waals surface area (Å²) < 4.78 is 48.8. The van der Waals surface area contributed by atoms with Crippen LogP contribution in [0.5, 0.6) is 0 Å². The normalized spacial score (nSPS) is 20.3. The van der Waals surface area contributed by atoms with Crippen LogP contribution in [0.1, 0.15) is 29.9 Å². The van der Waals surface area contributed by atoms with Gasteiger partial charge in [-0.15, -0.1) is 12.4 Å². The highest BCUT2D eigenvalue weighted by atomic mass is 79.9. The van der Waals surface area contributed by atoms with Crippen LogP contribution >= 0.6 is 28.3 Å². The number of nitrogens with two attached hydrogens (primary N) is 1. The van der Waals surface area contributed by atoms with E-state index in [1.807, 2.05) is 0 Å². The number of aliphatic imine (C=N–C) groups is 1. The second-order valence-corrected chi connectivity index (χ2v) is 7.95. The van der Waals surface area contributed by atoms with E-state index in [1.165, 1.54) is 18.3 Å². The van der Waals surface area contributed by atoms with Gasteiger partial charge in [0.15, 0.2) is 5.54 Å². The number of rotatable bonds is 4. The van der Waals surface area contributed by atoms with Gasteiger partial charge < -0.3 is 15.8 Å². The number of hydrogen-bond acceptors (Lipinski definition) is 5. The number of halogens is 5. The fourth-order valence-corrected chi connectivity index (χ4v) is 2.99. The number of ether oxygens (including phenoxy) is 1. The molecule has 1 amide bonds. The molecule has 6 nitrogen and oxygen atoms in total. The van der Waals surface area contributed by atoms with Crippen molar-refractivity contribution in [1.29, 1.82) is 0 Å². The molecule has 162 valence electrons. The maximum Gasteiger partial charge on any atom is 0.274 e. The van der Waals surface area contributed by atoms with Crippen molar-refractivity contribution < 1.29 is 22.7 Å². The number of anilines is 1. The van der Waals surface area contributed by atoms with E-state index in [2.05, 4.69) is 31.2 Å². The van der Waals surface area contributed by atoms with Gasteiger partial charge in [-0.05, 0) is 60.1 Å². The lowest BCUT2D eigenvalue weighted by Gasteiger charge is -2.40. The number of amidine groups is 1. The molecular formula is C19H19BrClF3N4O2. The Labute approximate surface area is 185 Å². The Kier molecular flexibility index (Phi) is 7.16. The number of hydrogen-bond donors (Lipinski definition) is 2. The van der Waals surface area contributed by atoms with Gasteiger partial charge in [-0.3, -0.25) is 4.79 Å². The molecule has 0 aliphatic carbocycles. The standard InChI is InChI=1S/C19H18BrF3N4O2.ClH/c1-18(2)17(24)27-19(9-29-18,16(22)23)12-7-11(4-5-13(12)21)26-15(28)14-6-3-10(20)8-25-14;/h3-8,16H,9H2,1-2H3,(H2,24,27)(H,26,28);1H. The molecule has 30 heavy (non-hydrogen) atoms. The topological polar surface area (TPSA) is 89.6 Å². The number of amides is 1. The zero-order valence-electron chi connectivity index (χ0n) is 16.0. The summed E-state index contributed by atoms with van der Waals surface area (Å²) in [5, 5.41) is 2.52. The molecule has 0 saturated carbocycles. The Morgan fingerprint density at radius 1 is 1.30 bits per heavy atom. The van der Waals surface area contributed by atoms with Crippen molar-refractivity contribution in [2.75, 3.05) is 11.9 Å². The summed E-state index contributed by atoms with van der Waals surface area (Å²) in [7, 11) is 0. The van der Waals surface area contributed by atoms with Gasteiger partial charge in [-0.1, -0.05) is 0 Å². The Balaban J connectivity index is 0.00000320. The monoisotopic (exact) mass is 506 g/mol. The van der Waals surface area contributed by atoms with Crippen LogP contribution in [0.4, 0.5) is 18.9 Å². The van der Waals surface area contributed by atoms with Crippen LogP contribution < -0.4 is 11.1 Å². The molecule has 1 atom stereocenters. The van der Waals surface area contributed by atoms with Gasteiger partial charge in [-0.2, -0.15) is 0 Å². The van der Waals surface area contributed by atoms with Gasteiger partial charge in [0.1, 0.15) is 22.9 Å². The van der Waals surface area contributed by atoms with Crippen LogP contribution in [0.3, 0.4) is 0 Å². The van der Waals surface area contributed by atoms with E-state index in [4.69, 9.17) is 10.5 Å². The first-order valence-corrected chi connectivity index (χ1v) is 9.35. The summed E-state index contributed by atoms with van der Waals surface area (Å²) in [6.07, 6.45) is -1.65. The van der Waals surface area contributed by atoms with Crippen molar-refractivity contribution >= 4 is 45.8 Å². The van der Waals surface area contributed by atoms with Crippen molar-refractivity contribution in [2.45, 2.75) is 31.4 Å². The summed E-state index contributed by atoms with van der Waals surface area (Å²) in [4.78, 5) is 20.2. The fourth-order valence-electron chi connectivity index (χ4n) is 2.75. The quantitative estimate of drug-likeness (QED) is 0.646. The third-order valence-electron chi connectivity index (χ3n) is 4.60. The highest BCUT2D eigenvalue weighted by Gasteiger charge is 2.49. The van der Waals surface area contributed by atoms with E-state index >= 15 is 0 Å². The van der Waals surface area contributed by atoms with Crippen LogP contribution in [0.15, 0.2) is 46.0 Å². The minimum Gasteiger partial charge on any atom is -0.385 e. The van der Waals surface area contributed by atoms with E-state index in [0.717, 1.165) is 12.1 Å². The molecule has 1 unspecified atom stereocenters. The SMILES string of the molecule is CC1(C)OCC(c2cc(NC(=O)c3ccc(Br)cn3)ccc2F)(C(F)F)N=C1N.Cl. The van der Waals surface area contributed by atoms with Crippen LogP contribution in [0.25, 0.3) is 0 Å². The lowest BCUT2D eigenvalue weighted by atomic mass is 9.88. The van der Waals surface area contributed by atoms with E-state index in [1.54, 1.807) is 19.9 Å². The van der Waals surface area contributed by atoms with Crippen LogP contribution in [0, 0.1) is 5.82 Å². The number of nitrogens with zero attached hydrogens (tertiary/aromatic N) is 2. The van der Waals surface area contributed by atoms with Crippen molar-refractivity contribution in [2.24, 2.45) is 10.7 Å². The summed E-state index contributed by atoms with van der Waals surface area (Å²) in [6.45, 7) is 2.60. The molecule has 2 heterocycles. The van der Waals surface area contributed by atoms with Gasteiger partial charge >= 0.3 is 0 Å². The molecule has 3 N–H and O–H groups in total. The average molecular weight is 508 g/mol. The number of pyridine rings is 1. The minimum atomic E-state index is -3.09. The highest BCUT2D eigenvalue weighted by molar-refractivity contribution is 9.10. The lowest BCUT2D eigenvalue weighted by molar-refractivity contribution is -0.0662. The smallest absolute Gasteiger partial charge is 0.274 e. The second kappa shape index (κ2) is 8.91. The van der Waals surface area contributed by atoms with Crippen molar-refractivity contribution in [3.8, 4) is 0 Å². The Bertz CT molecular complexity index is 973. The lowest BCUT2D eigenvalue weighted by Crippen LogP contribution is -2.53. The molecule has 0 spiro atoms. The summed E-state index contributed by atoms with van der Waals surface area (Å²) >= 11 is 3.21. The first kappa shape index (κ1) is 24.1. The number of carbonyl (C=O) groups excluding carboxylic acids is 1. The summed E-state index contributed by atoms with van der Waals surface area (Å²) in [6, 6.07) is 6.46. The Morgan fingerprint density at radius 3 is 2.57 bits per heavy atom. The van der Waals surface area contributed by atoms with Crippen LogP contribution in [-0.4, -0.2) is 35.4 Å². The largest absolute Gasteiger partial charge is 0.385 e. The van der Waals surface area contributed by atoms with Gasteiger partial charge in [0.05, 0.1) is 6.61 Å². The number of aromatic nitrogens is 1. The van der Waals surface area contributed by atoms with Crippen molar-refractivity contribution in [1.82, 2.24) is 4.98 Å². The number of benzene rings is 1. The van der Waals surface area contributed by atoms with E-state index in [9.17, 15) is 18.0 Å². The predicted molar refractivity (Wildman–Crippen MR) is 113 cm³/mol. The van der Waals surface area contributed by atoms with E-state index in [-0.39, 0.29) is 29.6 Å². The third-order valence-corrected chi connectivity index (χ3v) is 5.07. The molecule has 1 aliphatic rings. The second-order valence-electron chi connectivity index (χ2n) is 7.03. The number of alkyl halides is 2. The van der Waals surface area contributed by atoms with Crippen molar-refractivity contribution in [3.05, 3.63) is 58.1 Å². The van der Waals surface area contributed by atoms with Crippen LogP contribution in [-0.2, 0) is 10.3 Å². The fraction of sp³-hybridized carbons (Fsp3) is 0.316. The maximum atomic E-state index is 14.6. The molecule has 0 fully saturated rings. The molecule has 11 heteroatoms. The molecular weight excluding hydrogens is 489 g/mol. The molecule has 0 bridgehead atoms.